The van der Waals surface area contributed by atoms with Crippen molar-refractivity contribution in [2.24, 2.45) is 0 Å². The number of ether oxygens (including phenoxy) is 2. The van der Waals surface area contributed by atoms with Crippen LogP contribution in [-0.4, -0.2) is 12.7 Å². The number of halogens is 2. The average Bonchev–Trinajstić information content (AvgIpc) is 2.38. The van der Waals surface area contributed by atoms with Gasteiger partial charge in [-0.2, -0.15) is 0 Å². The fourth-order valence-electron chi connectivity index (χ4n) is 1.78. The highest BCUT2D eigenvalue weighted by Gasteiger charge is 2.07. The van der Waals surface area contributed by atoms with E-state index in [1.54, 1.807) is 6.07 Å². The van der Waals surface area contributed by atoms with Crippen LogP contribution in [0.15, 0.2) is 48.5 Å². The molecule has 20 heavy (non-hydrogen) atoms. The van der Waals surface area contributed by atoms with E-state index in [1.165, 1.54) is 12.1 Å². The van der Waals surface area contributed by atoms with E-state index in [4.69, 9.17) is 21.1 Å². The SMILES string of the molecule is CC(COCc1ccccc1)Oc1cc(F)cc(Cl)c1. The fraction of sp³-hybridized carbons (Fsp3) is 0.250. The van der Waals surface area contributed by atoms with Crippen LogP contribution in [0.4, 0.5) is 4.39 Å². The normalized spacial score (nSPS) is 12.2. The smallest absolute Gasteiger partial charge is 0.128 e. The molecule has 2 aromatic carbocycles. The summed E-state index contributed by atoms with van der Waals surface area (Å²) in [6, 6.07) is 14.0. The lowest BCUT2D eigenvalue weighted by molar-refractivity contribution is 0.0492. The molecule has 1 unspecified atom stereocenters. The molecule has 0 spiro atoms. The lowest BCUT2D eigenvalue weighted by atomic mass is 10.2. The maximum absolute atomic E-state index is 13.2. The van der Waals surface area contributed by atoms with Gasteiger partial charge in [0.25, 0.3) is 0 Å². The lowest BCUT2D eigenvalue weighted by Gasteiger charge is -2.15. The molecule has 0 heterocycles. The zero-order valence-electron chi connectivity index (χ0n) is 11.2. The Kier molecular flexibility index (Phi) is 5.39. The highest BCUT2D eigenvalue weighted by molar-refractivity contribution is 6.30. The Bertz CT molecular complexity index is 525. The highest BCUT2D eigenvalue weighted by Crippen LogP contribution is 2.21. The standard InChI is InChI=1S/C16H16ClFO2/c1-12(10-19-11-13-5-3-2-4-6-13)20-16-8-14(17)7-15(18)9-16/h2-9,12H,10-11H2,1H3. The first-order chi connectivity index (χ1) is 9.63. The topological polar surface area (TPSA) is 18.5 Å². The van der Waals surface area contributed by atoms with E-state index in [-0.39, 0.29) is 6.10 Å². The van der Waals surface area contributed by atoms with Crippen LogP contribution in [0.1, 0.15) is 12.5 Å². The van der Waals surface area contributed by atoms with Gasteiger partial charge >= 0.3 is 0 Å². The second-order valence-corrected chi connectivity index (χ2v) is 4.97. The lowest BCUT2D eigenvalue weighted by Crippen LogP contribution is -2.19. The molecule has 0 aliphatic rings. The zero-order chi connectivity index (χ0) is 14.4. The first-order valence-corrected chi connectivity index (χ1v) is 6.75. The number of rotatable bonds is 6. The molecule has 0 aliphatic heterocycles. The van der Waals surface area contributed by atoms with Gasteiger partial charge in [0.1, 0.15) is 17.7 Å². The van der Waals surface area contributed by atoms with Crippen molar-refractivity contribution >= 4 is 11.6 Å². The van der Waals surface area contributed by atoms with Crippen LogP contribution in [0.2, 0.25) is 5.02 Å². The summed E-state index contributed by atoms with van der Waals surface area (Å²) in [5, 5.41) is 0.317. The van der Waals surface area contributed by atoms with Crippen LogP contribution in [0, 0.1) is 5.82 Å². The summed E-state index contributed by atoms with van der Waals surface area (Å²) in [6.07, 6.45) is -0.184. The van der Waals surface area contributed by atoms with Gasteiger partial charge in [-0.05, 0) is 24.6 Å². The molecular formula is C16H16ClFO2. The summed E-state index contributed by atoms with van der Waals surface area (Å²) >= 11 is 5.77. The predicted molar refractivity (Wildman–Crippen MR) is 77.6 cm³/mol. The molecule has 2 nitrogen and oxygen atoms in total. The first-order valence-electron chi connectivity index (χ1n) is 6.38. The molecule has 2 rings (SSSR count). The van der Waals surface area contributed by atoms with Gasteiger partial charge in [0.2, 0.25) is 0 Å². The molecule has 0 bridgehead atoms. The highest BCUT2D eigenvalue weighted by atomic mass is 35.5. The Hall–Kier alpha value is -1.58. The van der Waals surface area contributed by atoms with Crippen molar-refractivity contribution in [2.45, 2.75) is 19.6 Å². The molecular weight excluding hydrogens is 279 g/mol. The van der Waals surface area contributed by atoms with Gasteiger partial charge in [0, 0.05) is 11.1 Å². The molecule has 1 atom stereocenters. The zero-order valence-corrected chi connectivity index (χ0v) is 11.9. The van der Waals surface area contributed by atoms with Crippen molar-refractivity contribution in [1.29, 1.82) is 0 Å². The molecule has 0 radical (unpaired) electrons. The Morgan fingerprint density at radius 1 is 1.15 bits per heavy atom. The summed E-state index contributed by atoms with van der Waals surface area (Å²) in [7, 11) is 0. The van der Waals surface area contributed by atoms with E-state index in [9.17, 15) is 4.39 Å². The van der Waals surface area contributed by atoms with Gasteiger partial charge in [0.15, 0.2) is 0 Å². The summed E-state index contributed by atoms with van der Waals surface area (Å²) in [5.74, 6) is -0.00397. The minimum atomic E-state index is -0.412. The second-order valence-electron chi connectivity index (χ2n) is 4.53. The average molecular weight is 295 g/mol. The summed E-state index contributed by atoms with van der Waals surface area (Å²) in [4.78, 5) is 0. The summed E-state index contributed by atoms with van der Waals surface area (Å²) < 4.78 is 24.3. The molecule has 106 valence electrons. The van der Waals surface area contributed by atoms with E-state index >= 15 is 0 Å². The van der Waals surface area contributed by atoms with Gasteiger partial charge in [0.05, 0.1) is 13.2 Å². The van der Waals surface area contributed by atoms with Crippen LogP contribution in [0.3, 0.4) is 0 Å². The Labute approximate surface area is 123 Å². The van der Waals surface area contributed by atoms with Gasteiger partial charge in [-0.1, -0.05) is 41.9 Å². The molecule has 0 aromatic heterocycles. The molecule has 4 heteroatoms. The van der Waals surface area contributed by atoms with Gasteiger partial charge in [-0.3, -0.25) is 0 Å². The number of benzene rings is 2. The third-order valence-corrected chi connectivity index (χ3v) is 2.86. The van der Waals surface area contributed by atoms with Crippen molar-refractivity contribution < 1.29 is 13.9 Å². The minimum Gasteiger partial charge on any atom is -0.488 e. The van der Waals surface area contributed by atoms with E-state index in [2.05, 4.69) is 0 Å². The Morgan fingerprint density at radius 3 is 2.60 bits per heavy atom. The Balaban J connectivity index is 1.79. The van der Waals surface area contributed by atoms with Crippen molar-refractivity contribution in [1.82, 2.24) is 0 Å². The van der Waals surface area contributed by atoms with Gasteiger partial charge in [-0.15, -0.1) is 0 Å². The maximum Gasteiger partial charge on any atom is 0.128 e. The van der Waals surface area contributed by atoms with E-state index < -0.39 is 5.82 Å². The number of hydrogen-bond acceptors (Lipinski definition) is 2. The monoisotopic (exact) mass is 294 g/mol. The molecule has 0 saturated heterocycles. The molecule has 2 aromatic rings. The molecule has 0 N–H and O–H groups in total. The molecule has 0 fully saturated rings. The number of hydrogen-bond donors (Lipinski definition) is 0. The summed E-state index contributed by atoms with van der Waals surface area (Å²) in [6.45, 7) is 2.81. The minimum absolute atomic E-state index is 0.184. The van der Waals surface area contributed by atoms with Crippen molar-refractivity contribution in [2.75, 3.05) is 6.61 Å². The van der Waals surface area contributed by atoms with Crippen LogP contribution >= 0.6 is 11.6 Å². The van der Waals surface area contributed by atoms with Crippen LogP contribution < -0.4 is 4.74 Å². The molecule has 0 amide bonds. The van der Waals surface area contributed by atoms with E-state index in [0.29, 0.717) is 24.0 Å². The van der Waals surface area contributed by atoms with Crippen molar-refractivity contribution in [3.05, 3.63) is 64.9 Å². The maximum atomic E-state index is 13.2. The van der Waals surface area contributed by atoms with Crippen LogP contribution in [0.5, 0.6) is 5.75 Å². The third kappa shape index (κ3) is 4.83. The van der Waals surface area contributed by atoms with Crippen molar-refractivity contribution in [3.63, 3.8) is 0 Å². The van der Waals surface area contributed by atoms with Gasteiger partial charge < -0.3 is 9.47 Å². The second kappa shape index (κ2) is 7.27. The largest absolute Gasteiger partial charge is 0.488 e. The van der Waals surface area contributed by atoms with Gasteiger partial charge in [-0.25, -0.2) is 4.39 Å². The quantitative estimate of drug-likeness (QED) is 0.783. The third-order valence-electron chi connectivity index (χ3n) is 2.64. The molecule has 0 aliphatic carbocycles. The van der Waals surface area contributed by atoms with Crippen LogP contribution in [-0.2, 0) is 11.3 Å². The van der Waals surface area contributed by atoms with Crippen molar-refractivity contribution in [3.8, 4) is 5.75 Å². The Morgan fingerprint density at radius 2 is 1.90 bits per heavy atom. The van der Waals surface area contributed by atoms with E-state index in [1.807, 2.05) is 37.3 Å². The summed E-state index contributed by atoms with van der Waals surface area (Å²) in [5.41, 5.74) is 1.11. The molecule has 0 saturated carbocycles. The van der Waals surface area contributed by atoms with Crippen LogP contribution in [0.25, 0.3) is 0 Å². The predicted octanol–water partition coefficient (Wildman–Crippen LogP) is 4.46. The van der Waals surface area contributed by atoms with E-state index in [0.717, 1.165) is 5.56 Å². The first kappa shape index (κ1) is 14.8. The fourth-order valence-corrected chi connectivity index (χ4v) is 1.99.